The average molecular weight is 435 g/mol. The highest BCUT2D eigenvalue weighted by atomic mass is 16.2. The van der Waals surface area contributed by atoms with Crippen LogP contribution in [-0.4, -0.2) is 62.6 Å². The van der Waals surface area contributed by atoms with Gasteiger partial charge in [-0.1, -0.05) is 18.2 Å². The molecule has 8 heteroatoms. The topological polar surface area (TPSA) is 86.3 Å². The lowest BCUT2D eigenvalue weighted by Gasteiger charge is -2.41. The van der Waals surface area contributed by atoms with Crippen LogP contribution in [0.3, 0.4) is 0 Å². The summed E-state index contributed by atoms with van der Waals surface area (Å²) in [7, 11) is 0. The number of hydrogen-bond acceptors (Lipinski definition) is 4. The number of pyridine rings is 1. The molecule has 8 nitrogen and oxygen atoms in total. The fourth-order valence-corrected chi connectivity index (χ4v) is 5.17. The highest BCUT2D eigenvalue weighted by Gasteiger charge is 2.30. The maximum absolute atomic E-state index is 12.5. The summed E-state index contributed by atoms with van der Waals surface area (Å²) in [5, 5.41) is 3.00. The molecule has 2 saturated heterocycles. The molecule has 3 aromatic rings. The molecule has 2 N–H and O–H groups in total. The molecular weight excluding hydrogens is 404 g/mol. The lowest BCUT2D eigenvalue weighted by molar-refractivity contribution is 0.0873. The van der Waals surface area contributed by atoms with E-state index in [1.165, 1.54) is 0 Å². The Balaban J connectivity index is 1.11. The third-order valence-electron chi connectivity index (χ3n) is 6.92. The number of aromatic nitrogens is 3. The molecular formula is C24H30N6O2. The Hall–Kier alpha value is -3.13. The third-order valence-corrected chi connectivity index (χ3v) is 6.92. The third kappa shape index (κ3) is 4.27. The van der Waals surface area contributed by atoms with Gasteiger partial charge < -0.3 is 20.1 Å². The van der Waals surface area contributed by atoms with Gasteiger partial charge in [-0.15, -0.1) is 0 Å². The van der Waals surface area contributed by atoms with Gasteiger partial charge in [-0.05, 0) is 49.4 Å². The van der Waals surface area contributed by atoms with Gasteiger partial charge in [-0.25, -0.2) is 9.59 Å². The van der Waals surface area contributed by atoms with Gasteiger partial charge in [0.15, 0.2) is 0 Å². The highest BCUT2D eigenvalue weighted by molar-refractivity contribution is 5.75. The number of para-hydroxylation sites is 2. The van der Waals surface area contributed by atoms with E-state index in [-0.39, 0.29) is 17.8 Å². The molecule has 1 aromatic carbocycles. The smallest absolute Gasteiger partial charge is 0.326 e. The van der Waals surface area contributed by atoms with Crippen molar-refractivity contribution >= 4 is 17.1 Å². The number of hydrogen-bond donors (Lipinski definition) is 2. The van der Waals surface area contributed by atoms with E-state index in [0.29, 0.717) is 12.6 Å². The number of H-pyrrole nitrogens is 1. The average Bonchev–Trinajstić information content (AvgIpc) is 3.19. The van der Waals surface area contributed by atoms with Gasteiger partial charge in [0.2, 0.25) is 0 Å². The van der Waals surface area contributed by atoms with E-state index in [4.69, 9.17) is 0 Å². The predicted molar refractivity (Wildman–Crippen MR) is 123 cm³/mol. The number of rotatable bonds is 4. The van der Waals surface area contributed by atoms with Gasteiger partial charge in [0, 0.05) is 57.2 Å². The summed E-state index contributed by atoms with van der Waals surface area (Å²) < 4.78 is 1.95. The summed E-state index contributed by atoms with van der Waals surface area (Å²) in [5.74, 6) is 0. The number of aromatic amines is 1. The number of imidazole rings is 1. The van der Waals surface area contributed by atoms with Crippen LogP contribution in [0.5, 0.6) is 0 Å². The quantitative estimate of drug-likeness (QED) is 0.661. The zero-order valence-corrected chi connectivity index (χ0v) is 18.2. The first kappa shape index (κ1) is 20.8. The molecule has 0 unspecified atom stereocenters. The van der Waals surface area contributed by atoms with E-state index in [1.807, 2.05) is 45.9 Å². The minimum Gasteiger partial charge on any atom is -0.334 e. The van der Waals surface area contributed by atoms with Crippen molar-refractivity contribution in [3.8, 4) is 0 Å². The van der Waals surface area contributed by atoms with Gasteiger partial charge >= 0.3 is 11.7 Å². The maximum atomic E-state index is 12.5. The molecule has 2 amide bonds. The van der Waals surface area contributed by atoms with Crippen molar-refractivity contribution in [2.45, 2.75) is 44.3 Å². The molecule has 2 aromatic heterocycles. The monoisotopic (exact) mass is 434 g/mol. The molecule has 0 radical (unpaired) electrons. The number of carbonyl (C=O) groups is 1. The van der Waals surface area contributed by atoms with Crippen molar-refractivity contribution < 1.29 is 4.79 Å². The first-order valence-electron chi connectivity index (χ1n) is 11.5. The highest BCUT2D eigenvalue weighted by Crippen LogP contribution is 2.28. The normalized spacial score (nSPS) is 18.8. The second kappa shape index (κ2) is 9.16. The number of nitrogens with zero attached hydrogens (tertiary/aromatic N) is 4. The number of urea groups is 1. The van der Waals surface area contributed by atoms with Gasteiger partial charge in [0.05, 0.1) is 11.0 Å². The Kier molecular flexibility index (Phi) is 5.94. The first-order valence-corrected chi connectivity index (χ1v) is 11.5. The fourth-order valence-electron chi connectivity index (χ4n) is 5.17. The zero-order valence-electron chi connectivity index (χ0n) is 18.2. The number of fused-ring (bicyclic) bond motifs is 1. The Labute approximate surface area is 187 Å². The SMILES string of the molecule is O=C(NCc1cccnc1)N1CCC(N2CCC(n3c(=O)[nH]c4ccccc43)CC2)CC1. The van der Waals surface area contributed by atoms with Crippen molar-refractivity contribution in [1.82, 2.24) is 29.7 Å². The van der Waals surface area contributed by atoms with E-state index in [0.717, 1.165) is 68.5 Å². The van der Waals surface area contributed by atoms with Gasteiger partial charge in [0.1, 0.15) is 0 Å². The van der Waals surface area contributed by atoms with E-state index in [2.05, 4.69) is 20.2 Å². The minimum absolute atomic E-state index is 0.00437. The second-order valence-corrected chi connectivity index (χ2v) is 8.82. The number of nitrogens with one attached hydrogen (secondary N) is 2. The Morgan fingerprint density at radius 2 is 1.75 bits per heavy atom. The fraction of sp³-hybridized carbons (Fsp3) is 0.458. The van der Waals surface area contributed by atoms with E-state index in [9.17, 15) is 9.59 Å². The van der Waals surface area contributed by atoms with E-state index in [1.54, 1.807) is 12.4 Å². The van der Waals surface area contributed by atoms with Crippen molar-refractivity contribution in [2.75, 3.05) is 26.2 Å². The van der Waals surface area contributed by atoms with E-state index >= 15 is 0 Å². The van der Waals surface area contributed by atoms with Gasteiger partial charge in [-0.2, -0.15) is 0 Å². The Bertz CT molecular complexity index is 1110. The summed E-state index contributed by atoms with van der Waals surface area (Å²) in [6.07, 6.45) is 7.47. The minimum atomic E-state index is -0.00439. The summed E-state index contributed by atoms with van der Waals surface area (Å²) >= 11 is 0. The van der Waals surface area contributed by atoms with Crippen LogP contribution in [0.1, 0.15) is 37.3 Å². The Morgan fingerprint density at radius 3 is 2.50 bits per heavy atom. The summed E-state index contributed by atoms with van der Waals surface area (Å²) in [6.45, 7) is 4.06. The zero-order chi connectivity index (χ0) is 21.9. The molecule has 2 aliphatic rings. The molecule has 2 aliphatic heterocycles. The van der Waals surface area contributed by atoms with Gasteiger partial charge in [-0.3, -0.25) is 9.55 Å². The van der Waals surface area contributed by atoms with Crippen molar-refractivity contribution in [3.63, 3.8) is 0 Å². The van der Waals surface area contributed by atoms with Crippen molar-refractivity contribution in [2.24, 2.45) is 0 Å². The molecule has 0 spiro atoms. The number of benzene rings is 1. The van der Waals surface area contributed by atoms with Crippen LogP contribution < -0.4 is 11.0 Å². The van der Waals surface area contributed by atoms with Crippen LogP contribution in [0.15, 0.2) is 53.6 Å². The largest absolute Gasteiger partial charge is 0.334 e. The maximum Gasteiger partial charge on any atom is 0.326 e. The molecule has 2 fully saturated rings. The summed E-state index contributed by atoms with van der Waals surface area (Å²) in [4.78, 5) is 36.6. The molecule has 168 valence electrons. The van der Waals surface area contributed by atoms with Crippen molar-refractivity contribution in [3.05, 3.63) is 64.8 Å². The summed E-state index contributed by atoms with van der Waals surface area (Å²) in [6, 6.07) is 12.5. The van der Waals surface area contributed by atoms with Gasteiger partial charge in [0.25, 0.3) is 0 Å². The molecule has 5 rings (SSSR count). The molecule has 0 atom stereocenters. The van der Waals surface area contributed by atoms with Crippen LogP contribution in [0.4, 0.5) is 4.79 Å². The van der Waals surface area contributed by atoms with E-state index < -0.39 is 0 Å². The number of likely N-dealkylation sites (tertiary alicyclic amines) is 2. The number of amides is 2. The predicted octanol–water partition coefficient (Wildman–Crippen LogP) is 2.74. The standard InChI is InChI=1S/C24H30N6O2/c31-23(26-17-18-4-3-11-25-16-18)29-14-7-19(8-15-29)28-12-9-20(10-13-28)30-22-6-2-1-5-21(22)27-24(30)32/h1-6,11,16,19-20H,7-10,12-15,17H2,(H,26,31)(H,27,32). The van der Waals surface area contributed by atoms with Crippen LogP contribution in [-0.2, 0) is 6.54 Å². The number of carbonyl (C=O) groups excluding carboxylic acids is 1. The second-order valence-electron chi connectivity index (χ2n) is 8.82. The van der Waals surface area contributed by atoms with Crippen LogP contribution in [0.2, 0.25) is 0 Å². The van der Waals surface area contributed by atoms with Crippen LogP contribution in [0, 0.1) is 0 Å². The lowest BCUT2D eigenvalue weighted by Crippen LogP contribution is -2.51. The molecule has 0 aliphatic carbocycles. The van der Waals surface area contributed by atoms with Crippen molar-refractivity contribution in [1.29, 1.82) is 0 Å². The molecule has 32 heavy (non-hydrogen) atoms. The van der Waals surface area contributed by atoms with Crippen LogP contribution >= 0.6 is 0 Å². The Morgan fingerprint density at radius 1 is 1.00 bits per heavy atom. The van der Waals surface area contributed by atoms with Crippen LogP contribution in [0.25, 0.3) is 11.0 Å². The number of piperidine rings is 2. The molecule has 0 saturated carbocycles. The molecule has 0 bridgehead atoms. The summed E-state index contributed by atoms with van der Waals surface area (Å²) in [5.41, 5.74) is 2.92. The first-order chi connectivity index (χ1) is 15.7. The lowest BCUT2D eigenvalue weighted by atomic mass is 9.97. The molecule has 4 heterocycles.